The van der Waals surface area contributed by atoms with Gasteiger partial charge in [0, 0.05) is 18.8 Å². The molecule has 0 aromatic heterocycles. The molecule has 3 nitrogen and oxygen atoms in total. The van der Waals surface area contributed by atoms with Crippen LogP contribution in [0.1, 0.15) is 11.1 Å². The number of hydrogen-bond donors (Lipinski definition) is 0. The van der Waals surface area contributed by atoms with Crippen LogP contribution in [-0.4, -0.2) is 38.5 Å². The van der Waals surface area contributed by atoms with E-state index < -0.39 is 0 Å². The van der Waals surface area contributed by atoms with E-state index in [1.54, 1.807) is 0 Å². The Labute approximate surface area is 137 Å². The second-order valence-electron chi connectivity index (χ2n) is 6.63. The van der Waals surface area contributed by atoms with Gasteiger partial charge >= 0.3 is 0 Å². The fraction of sp³-hybridized carbons (Fsp3) is 0.400. The minimum Gasteiger partial charge on any atom is -0.371 e. The largest absolute Gasteiger partial charge is 0.371 e. The Bertz CT molecular complexity index is 691. The molecule has 0 aliphatic carbocycles. The molecule has 0 saturated carbocycles. The summed E-state index contributed by atoms with van der Waals surface area (Å²) in [5.74, 6) is 0. The van der Waals surface area contributed by atoms with Gasteiger partial charge in [-0.1, -0.05) is 30.3 Å². The monoisotopic (exact) mass is 309 g/mol. The van der Waals surface area contributed by atoms with Crippen LogP contribution < -0.4 is 4.90 Å². The molecule has 4 rings (SSSR count). The molecule has 2 unspecified atom stereocenters. The van der Waals surface area contributed by atoms with Crippen molar-refractivity contribution in [2.75, 3.05) is 31.2 Å². The quantitative estimate of drug-likeness (QED) is 0.764. The molecule has 2 aliphatic rings. The van der Waals surface area contributed by atoms with E-state index in [2.05, 4.69) is 61.2 Å². The van der Waals surface area contributed by atoms with Crippen LogP contribution in [0.2, 0.25) is 0 Å². The second-order valence-corrected chi connectivity index (χ2v) is 6.63. The zero-order chi connectivity index (χ0) is 15.8. The third-order valence-corrected chi connectivity index (χ3v) is 4.66. The summed E-state index contributed by atoms with van der Waals surface area (Å²) in [6.07, 6.45) is 0.787. The van der Waals surface area contributed by atoms with Gasteiger partial charge in [-0.15, -0.1) is 0 Å². The van der Waals surface area contributed by atoms with E-state index in [-0.39, 0.29) is 0 Å². The molecule has 0 N–H and O–H groups in total. The highest BCUT2D eigenvalue weighted by Crippen LogP contribution is 2.31. The molecular weight excluding hydrogens is 286 g/mol. The molecule has 2 aliphatic heterocycles. The first-order valence-corrected chi connectivity index (χ1v) is 8.35. The molecule has 2 aromatic carbocycles. The van der Waals surface area contributed by atoms with Crippen LogP contribution in [-0.2, 0) is 9.47 Å². The fourth-order valence-electron chi connectivity index (χ4n) is 3.15. The predicted octanol–water partition coefficient (Wildman–Crippen LogP) is 3.57. The van der Waals surface area contributed by atoms with Gasteiger partial charge in [0.05, 0.1) is 25.4 Å². The molecule has 2 heterocycles. The van der Waals surface area contributed by atoms with E-state index in [0.29, 0.717) is 12.2 Å². The minimum absolute atomic E-state index is 0.394. The highest BCUT2D eigenvalue weighted by molar-refractivity contribution is 5.72. The number of benzene rings is 2. The van der Waals surface area contributed by atoms with Crippen molar-refractivity contribution in [2.45, 2.75) is 26.1 Å². The Morgan fingerprint density at radius 1 is 0.870 bits per heavy atom. The summed E-state index contributed by atoms with van der Waals surface area (Å²) >= 11 is 0. The summed E-state index contributed by atoms with van der Waals surface area (Å²) in [6, 6.07) is 15.4. The summed E-state index contributed by atoms with van der Waals surface area (Å²) in [5, 5.41) is 0. The zero-order valence-electron chi connectivity index (χ0n) is 13.8. The van der Waals surface area contributed by atoms with Crippen molar-refractivity contribution in [3.8, 4) is 11.1 Å². The molecule has 0 bridgehead atoms. The summed E-state index contributed by atoms with van der Waals surface area (Å²) in [5.41, 5.74) is 6.54. The van der Waals surface area contributed by atoms with Gasteiger partial charge in [0.15, 0.2) is 0 Å². The van der Waals surface area contributed by atoms with E-state index in [0.717, 1.165) is 26.3 Å². The number of aryl methyl sites for hydroxylation is 2. The second kappa shape index (κ2) is 5.99. The first-order chi connectivity index (χ1) is 11.2. The lowest BCUT2D eigenvalue weighted by Crippen LogP contribution is -2.31. The summed E-state index contributed by atoms with van der Waals surface area (Å²) in [7, 11) is 0. The maximum atomic E-state index is 5.42. The molecule has 0 amide bonds. The predicted molar refractivity (Wildman–Crippen MR) is 93.0 cm³/mol. The third-order valence-electron chi connectivity index (χ3n) is 4.66. The molecule has 0 spiro atoms. The van der Waals surface area contributed by atoms with Crippen molar-refractivity contribution >= 4 is 5.69 Å². The highest BCUT2D eigenvalue weighted by Gasteiger charge is 2.31. The lowest BCUT2D eigenvalue weighted by atomic mass is 9.96. The van der Waals surface area contributed by atoms with E-state index >= 15 is 0 Å². The van der Waals surface area contributed by atoms with Crippen LogP contribution in [0, 0.1) is 13.8 Å². The summed E-state index contributed by atoms with van der Waals surface area (Å²) < 4.78 is 10.8. The van der Waals surface area contributed by atoms with E-state index in [1.807, 2.05) is 0 Å². The fourth-order valence-corrected chi connectivity index (χ4v) is 3.15. The van der Waals surface area contributed by atoms with E-state index in [9.17, 15) is 0 Å². The molecular formula is C20H23NO2. The Balaban J connectivity index is 1.61. The van der Waals surface area contributed by atoms with Crippen LogP contribution in [0.15, 0.2) is 42.5 Å². The van der Waals surface area contributed by atoms with E-state index in [1.165, 1.54) is 27.9 Å². The number of anilines is 1. The normalized spacial score (nSPS) is 22.0. The highest BCUT2D eigenvalue weighted by atomic mass is 16.6. The Kier molecular flexibility index (Phi) is 3.83. The molecule has 2 saturated heterocycles. The van der Waals surface area contributed by atoms with Crippen molar-refractivity contribution in [3.05, 3.63) is 53.6 Å². The van der Waals surface area contributed by atoms with Gasteiger partial charge in [-0.25, -0.2) is 0 Å². The van der Waals surface area contributed by atoms with Crippen LogP contribution in [0.25, 0.3) is 11.1 Å². The molecule has 120 valence electrons. The third kappa shape index (κ3) is 3.41. The van der Waals surface area contributed by atoms with Crippen LogP contribution in [0.4, 0.5) is 5.69 Å². The van der Waals surface area contributed by atoms with Crippen molar-refractivity contribution in [1.29, 1.82) is 0 Å². The van der Waals surface area contributed by atoms with Crippen molar-refractivity contribution < 1.29 is 9.47 Å². The van der Waals surface area contributed by atoms with Crippen LogP contribution in [0.5, 0.6) is 0 Å². The summed E-state index contributed by atoms with van der Waals surface area (Å²) in [4.78, 5) is 2.41. The van der Waals surface area contributed by atoms with Crippen LogP contribution in [0.3, 0.4) is 0 Å². The number of epoxide rings is 2. The van der Waals surface area contributed by atoms with Gasteiger partial charge in [0.2, 0.25) is 0 Å². The van der Waals surface area contributed by atoms with Crippen LogP contribution >= 0.6 is 0 Å². The molecule has 0 radical (unpaired) electrons. The first-order valence-electron chi connectivity index (χ1n) is 8.35. The van der Waals surface area contributed by atoms with Crippen molar-refractivity contribution in [3.63, 3.8) is 0 Å². The lowest BCUT2D eigenvalue weighted by molar-refractivity contribution is 0.389. The minimum atomic E-state index is 0.394. The average molecular weight is 309 g/mol. The number of rotatable bonds is 6. The maximum absolute atomic E-state index is 5.42. The zero-order valence-corrected chi connectivity index (χ0v) is 13.8. The Morgan fingerprint density at radius 2 is 1.48 bits per heavy atom. The van der Waals surface area contributed by atoms with Gasteiger partial charge in [-0.2, -0.15) is 0 Å². The summed E-state index contributed by atoms with van der Waals surface area (Å²) in [6.45, 7) is 8.07. The maximum Gasteiger partial charge on any atom is 0.0984 e. The Morgan fingerprint density at radius 3 is 2.04 bits per heavy atom. The smallest absolute Gasteiger partial charge is 0.0984 e. The molecule has 23 heavy (non-hydrogen) atoms. The molecule has 3 heteroatoms. The SMILES string of the molecule is Cc1ccccc1-c1ccc(N(CC2CO2)CC2CO2)cc1C. The number of hydrogen-bond acceptors (Lipinski definition) is 3. The molecule has 2 atom stereocenters. The number of nitrogens with zero attached hydrogens (tertiary/aromatic N) is 1. The standard InChI is InChI=1S/C20H23NO2/c1-14-5-3-4-6-19(14)20-8-7-16(9-15(20)2)21(10-17-12-22-17)11-18-13-23-18/h3-9,17-18H,10-13H2,1-2H3. The van der Waals surface area contributed by atoms with Crippen molar-refractivity contribution in [1.82, 2.24) is 0 Å². The van der Waals surface area contributed by atoms with Crippen molar-refractivity contribution in [2.24, 2.45) is 0 Å². The Hall–Kier alpha value is -1.84. The first kappa shape index (κ1) is 14.7. The average Bonchev–Trinajstić information content (AvgIpc) is 3.43. The van der Waals surface area contributed by atoms with Gasteiger partial charge in [0.25, 0.3) is 0 Å². The van der Waals surface area contributed by atoms with Gasteiger partial charge in [0.1, 0.15) is 0 Å². The molecule has 2 fully saturated rings. The van der Waals surface area contributed by atoms with Gasteiger partial charge < -0.3 is 14.4 Å². The molecule has 2 aromatic rings. The topological polar surface area (TPSA) is 28.3 Å². The lowest BCUT2D eigenvalue weighted by Gasteiger charge is -2.24. The number of ether oxygens (including phenoxy) is 2. The van der Waals surface area contributed by atoms with E-state index in [4.69, 9.17) is 9.47 Å². The van der Waals surface area contributed by atoms with Gasteiger partial charge in [-0.3, -0.25) is 0 Å². The van der Waals surface area contributed by atoms with Gasteiger partial charge in [-0.05, 0) is 48.2 Å².